The van der Waals surface area contributed by atoms with Gasteiger partial charge in [0.25, 0.3) is 5.91 Å². The fraction of sp³-hybridized carbons (Fsp3) is 0.435. The van der Waals surface area contributed by atoms with E-state index in [1.807, 2.05) is 0 Å². The third-order valence-corrected chi connectivity index (χ3v) is 5.66. The van der Waals surface area contributed by atoms with Crippen LogP contribution in [-0.2, 0) is 9.59 Å². The lowest BCUT2D eigenvalue weighted by atomic mass is 9.88. The highest BCUT2D eigenvalue weighted by molar-refractivity contribution is 6.43. The normalized spacial score (nSPS) is 19.2. The van der Waals surface area contributed by atoms with Crippen LogP contribution in [0.5, 0.6) is 0 Å². The van der Waals surface area contributed by atoms with E-state index in [1.54, 1.807) is 19.1 Å². The molecule has 30 heavy (non-hydrogen) atoms. The summed E-state index contributed by atoms with van der Waals surface area (Å²) < 4.78 is 20.1. The Morgan fingerprint density at radius 2 is 1.83 bits per heavy atom. The number of furan rings is 1. The average molecular weight is 414 g/mol. The SMILES string of the molecule is CCN(CC)CCCN1C(=O)C(=O)C(C(=O)c2ccc(C)o2)C1c1ccccc1F. The Bertz CT molecular complexity index is 935. The zero-order valence-electron chi connectivity index (χ0n) is 17.6. The number of amides is 1. The second kappa shape index (κ2) is 9.34. The van der Waals surface area contributed by atoms with Crippen LogP contribution in [0.1, 0.15) is 48.2 Å². The first-order valence-electron chi connectivity index (χ1n) is 10.3. The fourth-order valence-electron chi connectivity index (χ4n) is 4.01. The quantitative estimate of drug-likeness (QED) is 0.357. The van der Waals surface area contributed by atoms with Crippen LogP contribution in [0.2, 0.25) is 0 Å². The molecule has 1 amide bonds. The summed E-state index contributed by atoms with van der Waals surface area (Å²) in [6.07, 6.45) is 0.617. The number of rotatable bonds is 9. The fourth-order valence-corrected chi connectivity index (χ4v) is 4.01. The number of carbonyl (C=O) groups is 3. The highest BCUT2D eigenvalue weighted by Gasteiger charge is 2.52. The van der Waals surface area contributed by atoms with Crippen molar-refractivity contribution in [1.82, 2.24) is 9.80 Å². The number of aryl methyl sites for hydroxylation is 1. The van der Waals surface area contributed by atoms with Crippen molar-refractivity contribution in [1.29, 1.82) is 0 Å². The molecule has 6 nitrogen and oxygen atoms in total. The first-order chi connectivity index (χ1) is 14.4. The molecule has 7 heteroatoms. The first-order valence-corrected chi connectivity index (χ1v) is 10.3. The predicted octanol–water partition coefficient (Wildman–Crippen LogP) is 3.41. The van der Waals surface area contributed by atoms with Crippen molar-refractivity contribution >= 4 is 17.5 Å². The minimum absolute atomic E-state index is 0.00461. The number of ketones is 2. The van der Waals surface area contributed by atoms with Crippen molar-refractivity contribution in [3.63, 3.8) is 0 Å². The topological polar surface area (TPSA) is 70.8 Å². The van der Waals surface area contributed by atoms with E-state index in [4.69, 9.17) is 4.42 Å². The van der Waals surface area contributed by atoms with Crippen LogP contribution in [0.15, 0.2) is 40.8 Å². The van der Waals surface area contributed by atoms with Crippen LogP contribution < -0.4 is 0 Å². The summed E-state index contributed by atoms with van der Waals surface area (Å²) in [6.45, 7) is 8.54. The Kier molecular flexibility index (Phi) is 6.82. The molecule has 2 heterocycles. The number of likely N-dealkylation sites (tertiary alicyclic amines) is 1. The van der Waals surface area contributed by atoms with E-state index < -0.39 is 35.3 Å². The summed E-state index contributed by atoms with van der Waals surface area (Å²) in [4.78, 5) is 42.3. The highest BCUT2D eigenvalue weighted by atomic mass is 19.1. The van der Waals surface area contributed by atoms with Crippen LogP contribution >= 0.6 is 0 Å². The van der Waals surface area contributed by atoms with Gasteiger partial charge in [-0.2, -0.15) is 0 Å². The van der Waals surface area contributed by atoms with Gasteiger partial charge in [0.05, 0.1) is 6.04 Å². The Labute approximate surface area is 175 Å². The summed E-state index contributed by atoms with van der Waals surface area (Å²) >= 11 is 0. The first kappa shape index (κ1) is 21.9. The van der Waals surface area contributed by atoms with Crippen molar-refractivity contribution < 1.29 is 23.2 Å². The number of hydrogen-bond donors (Lipinski definition) is 0. The van der Waals surface area contributed by atoms with Crippen LogP contribution in [0, 0.1) is 18.7 Å². The van der Waals surface area contributed by atoms with E-state index in [0.717, 1.165) is 19.6 Å². The van der Waals surface area contributed by atoms with Gasteiger partial charge < -0.3 is 14.2 Å². The number of hydrogen-bond acceptors (Lipinski definition) is 5. The van der Waals surface area contributed by atoms with E-state index in [2.05, 4.69) is 18.7 Å². The van der Waals surface area contributed by atoms with Gasteiger partial charge in [-0.05, 0) is 51.2 Å². The maximum Gasteiger partial charge on any atom is 0.291 e. The molecule has 2 unspecified atom stereocenters. The molecular weight excluding hydrogens is 387 g/mol. The summed E-state index contributed by atoms with van der Waals surface area (Å²) in [5.41, 5.74) is 0.168. The molecule has 1 saturated heterocycles. The van der Waals surface area contributed by atoms with Gasteiger partial charge in [-0.15, -0.1) is 0 Å². The maximum atomic E-state index is 14.7. The van der Waals surface area contributed by atoms with Gasteiger partial charge in [0.2, 0.25) is 11.6 Å². The molecular formula is C23H27FN2O4. The van der Waals surface area contributed by atoms with Crippen molar-refractivity contribution in [3.05, 3.63) is 59.3 Å². The molecule has 0 radical (unpaired) electrons. The Balaban J connectivity index is 1.95. The van der Waals surface area contributed by atoms with Gasteiger partial charge in [0.15, 0.2) is 5.76 Å². The maximum absolute atomic E-state index is 14.7. The molecule has 1 fully saturated rings. The number of carbonyl (C=O) groups excluding carboxylic acids is 3. The van der Waals surface area contributed by atoms with Crippen LogP contribution in [0.25, 0.3) is 0 Å². The Morgan fingerprint density at radius 3 is 2.43 bits per heavy atom. The molecule has 0 saturated carbocycles. The van der Waals surface area contributed by atoms with E-state index in [9.17, 15) is 18.8 Å². The van der Waals surface area contributed by atoms with Gasteiger partial charge in [0, 0.05) is 12.1 Å². The Morgan fingerprint density at radius 1 is 1.13 bits per heavy atom. The number of nitrogens with zero attached hydrogens (tertiary/aromatic N) is 2. The molecule has 2 aromatic rings. The second-order valence-electron chi connectivity index (χ2n) is 7.46. The largest absolute Gasteiger partial charge is 0.458 e. The summed E-state index contributed by atoms with van der Waals surface area (Å²) in [7, 11) is 0. The van der Waals surface area contributed by atoms with Gasteiger partial charge in [-0.1, -0.05) is 32.0 Å². The van der Waals surface area contributed by atoms with Crippen molar-refractivity contribution in [2.24, 2.45) is 5.92 Å². The molecule has 0 N–H and O–H groups in total. The van der Waals surface area contributed by atoms with E-state index >= 15 is 0 Å². The lowest BCUT2D eigenvalue weighted by molar-refractivity contribution is -0.140. The highest BCUT2D eigenvalue weighted by Crippen LogP contribution is 2.39. The summed E-state index contributed by atoms with van der Waals surface area (Å²) in [5, 5.41) is 0. The van der Waals surface area contributed by atoms with Gasteiger partial charge in [-0.3, -0.25) is 14.4 Å². The van der Waals surface area contributed by atoms with E-state index in [1.165, 1.54) is 29.2 Å². The number of halogens is 1. The molecule has 1 aromatic heterocycles. The lowest BCUT2D eigenvalue weighted by Gasteiger charge is -2.28. The summed E-state index contributed by atoms with van der Waals surface area (Å²) in [6, 6.07) is 8.09. The Hall–Kier alpha value is -2.80. The van der Waals surface area contributed by atoms with Crippen LogP contribution in [-0.4, -0.2) is 53.5 Å². The third-order valence-electron chi connectivity index (χ3n) is 5.66. The molecule has 3 rings (SSSR count). The van der Waals surface area contributed by atoms with Gasteiger partial charge in [0.1, 0.15) is 17.5 Å². The molecule has 0 spiro atoms. The van der Waals surface area contributed by atoms with Gasteiger partial charge >= 0.3 is 0 Å². The monoisotopic (exact) mass is 414 g/mol. The predicted molar refractivity (Wildman–Crippen MR) is 110 cm³/mol. The lowest BCUT2D eigenvalue weighted by Crippen LogP contribution is -2.34. The number of Topliss-reactive ketones (excluding diaryl/α,β-unsaturated/α-hetero) is 2. The molecule has 0 aliphatic carbocycles. The summed E-state index contributed by atoms with van der Waals surface area (Å²) in [5.74, 6) is -3.50. The zero-order chi connectivity index (χ0) is 21.8. The zero-order valence-corrected chi connectivity index (χ0v) is 17.6. The van der Waals surface area contributed by atoms with E-state index in [-0.39, 0.29) is 17.9 Å². The smallest absolute Gasteiger partial charge is 0.291 e. The van der Waals surface area contributed by atoms with Crippen molar-refractivity contribution in [2.45, 2.75) is 33.2 Å². The molecule has 2 atom stereocenters. The third kappa shape index (κ3) is 4.21. The minimum atomic E-state index is -1.33. The standard InChI is InChI=1S/C23H27FN2O4/c1-4-25(5-2)13-8-14-26-20(16-9-6-7-10-17(16)24)19(22(28)23(26)29)21(27)18-12-11-15(3)30-18/h6-7,9-12,19-20H,4-5,8,13-14H2,1-3H3. The molecule has 1 aliphatic rings. The van der Waals surface area contributed by atoms with Crippen molar-refractivity contribution in [3.8, 4) is 0 Å². The van der Waals surface area contributed by atoms with Crippen LogP contribution in [0.4, 0.5) is 4.39 Å². The molecule has 160 valence electrons. The number of benzene rings is 1. The second-order valence-corrected chi connectivity index (χ2v) is 7.46. The van der Waals surface area contributed by atoms with E-state index in [0.29, 0.717) is 12.2 Å². The molecule has 0 bridgehead atoms. The van der Waals surface area contributed by atoms with Crippen molar-refractivity contribution in [2.75, 3.05) is 26.2 Å². The van der Waals surface area contributed by atoms with Crippen LogP contribution in [0.3, 0.4) is 0 Å². The molecule has 1 aliphatic heterocycles. The minimum Gasteiger partial charge on any atom is -0.458 e. The average Bonchev–Trinajstić information content (AvgIpc) is 3.28. The van der Waals surface area contributed by atoms with Gasteiger partial charge in [-0.25, -0.2) is 4.39 Å². The molecule has 1 aromatic carbocycles.